The molecule has 0 unspecified atom stereocenters. The van der Waals surface area contributed by atoms with Gasteiger partial charge in [-0.2, -0.15) is 0 Å². The summed E-state index contributed by atoms with van der Waals surface area (Å²) in [5, 5.41) is 3.21. The van der Waals surface area contributed by atoms with Crippen LogP contribution < -0.4 is 10.9 Å². The number of aromatic nitrogens is 2. The molecule has 2 aromatic rings. The van der Waals surface area contributed by atoms with Crippen molar-refractivity contribution in [1.82, 2.24) is 14.9 Å². The molecule has 0 saturated carbocycles. The SMILES string of the molecule is Cc1ncn(CCNCc2ccco2)c(=O)c1I. The van der Waals surface area contributed by atoms with E-state index in [4.69, 9.17) is 4.42 Å². The zero-order valence-corrected chi connectivity index (χ0v) is 12.2. The van der Waals surface area contributed by atoms with Gasteiger partial charge in [0.25, 0.3) is 5.56 Å². The lowest BCUT2D eigenvalue weighted by molar-refractivity contribution is 0.473. The van der Waals surface area contributed by atoms with Gasteiger partial charge in [-0.1, -0.05) is 0 Å². The summed E-state index contributed by atoms with van der Waals surface area (Å²) in [4.78, 5) is 16.1. The monoisotopic (exact) mass is 359 g/mol. The van der Waals surface area contributed by atoms with E-state index in [1.807, 2.05) is 41.6 Å². The zero-order chi connectivity index (χ0) is 13.0. The first-order valence-corrected chi connectivity index (χ1v) is 6.71. The van der Waals surface area contributed by atoms with Crippen LogP contribution in [-0.2, 0) is 13.1 Å². The second kappa shape index (κ2) is 6.14. The van der Waals surface area contributed by atoms with Gasteiger partial charge in [-0.15, -0.1) is 0 Å². The largest absolute Gasteiger partial charge is 0.468 e. The summed E-state index contributed by atoms with van der Waals surface area (Å²) in [6.45, 7) is 3.80. The minimum Gasteiger partial charge on any atom is -0.468 e. The first-order chi connectivity index (χ1) is 8.68. The molecule has 1 N–H and O–H groups in total. The Morgan fingerprint density at radius 2 is 2.39 bits per heavy atom. The van der Waals surface area contributed by atoms with E-state index in [1.165, 1.54) is 0 Å². The van der Waals surface area contributed by atoms with Gasteiger partial charge in [0.15, 0.2) is 0 Å². The molecule has 0 amide bonds. The van der Waals surface area contributed by atoms with E-state index >= 15 is 0 Å². The average molecular weight is 359 g/mol. The molecule has 0 saturated heterocycles. The van der Waals surface area contributed by atoms with Crippen LogP contribution in [-0.4, -0.2) is 16.1 Å². The summed E-state index contributed by atoms with van der Waals surface area (Å²) in [6.07, 6.45) is 3.24. The summed E-state index contributed by atoms with van der Waals surface area (Å²) in [7, 11) is 0. The molecule has 0 radical (unpaired) electrons. The lowest BCUT2D eigenvalue weighted by atomic mass is 10.4. The van der Waals surface area contributed by atoms with Crippen molar-refractivity contribution >= 4 is 22.6 Å². The maximum Gasteiger partial charge on any atom is 0.267 e. The molecular weight excluding hydrogens is 345 g/mol. The molecule has 6 heteroatoms. The number of aryl methyl sites for hydroxylation is 1. The fraction of sp³-hybridized carbons (Fsp3) is 0.333. The van der Waals surface area contributed by atoms with Gasteiger partial charge in [0.2, 0.25) is 0 Å². The lowest BCUT2D eigenvalue weighted by Gasteiger charge is -2.07. The normalized spacial score (nSPS) is 10.8. The topological polar surface area (TPSA) is 60.1 Å². The fourth-order valence-electron chi connectivity index (χ4n) is 1.53. The molecule has 0 aliphatic heterocycles. The highest BCUT2D eigenvalue weighted by atomic mass is 127. The van der Waals surface area contributed by atoms with Crippen LogP contribution in [0, 0.1) is 10.5 Å². The Morgan fingerprint density at radius 3 is 3.11 bits per heavy atom. The predicted molar refractivity (Wildman–Crippen MR) is 76.4 cm³/mol. The summed E-state index contributed by atoms with van der Waals surface area (Å²) >= 11 is 2.03. The van der Waals surface area contributed by atoms with Crippen molar-refractivity contribution in [2.45, 2.75) is 20.0 Å². The quantitative estimate of drug-likeness (QED) is 0.650. The molecule has 18 heavy (non-hydrogen) atoms. The Bertz CT molecular complexity index is 563. The molecule has 2 rings (SSSR count). The van der Waals surface area contributed by atoms with Gasteiger partial charge in [0.1, 0.15) is 5.76 Å². The van der Waals surface area contributed by atoms with Crippen molar-refractivity contribution in [3.8, 4) is 0 Å². The highest BCUT2D eigenvalue weighted by molar-refractivity contribution is 14.1. The Morgan fingerprint density at radius 1 is 1.56 bits per heavy atom. The Balaban J connectivity index is 1.87. The predicted octanol–water partition coefficient (Wildman–Crippen LogP) is 1.54. The average Bonchev–Trinajstić information content (AvgIpc) is 2.87. The molecule has 2 heterocycles. The third-order valence-electron chi connectivity index (χ3n) is 2.57. The van der Waals surface area contributed by atoms with Crippen molar-refractivity contribution in [3.63, 3.8) is 0 Å². The number of nitrogens with zero attached hydrogens (tertiary/aromatic N) is 2. The van der Waals surface area contributed by atoms with Crippen molar-refractivity contribution in [2.75, 3.05) is 6.54 Å². The standard InChI is InChI=1S/C12H14IN3O2/c1-9-11(13)12(17)16(8-15-9)5-4-14-7-10-3-2-6-18-10/h2-3,6,8,14H,4-5,7H2,1H3. The molecule has 2 aromatic heterocycles. The molecule has 0 bridgehead atoms. The van der Waals surface area contributed by atoms with Crippen LogP contribution in [0.25, 0.3) is 0 Å². The van der Waals surface area contributed by atoms with Gasteiger partial charge >= 0.3 is 0 Å². The Labute approximate surface area is 118 Å². The van der Waals surface area contributed by atoms with Gasteiger partial charge < -0.3 is 9.73 Å². The number of rotatable bonds is 5. The van der Waals surface area contributed by atoms with Crippen LogP contribution in [0.2, 0.25) is 0 Å². The molecular formula is C12H14IN3O2. The minimum atomic E-state index is 0.0166. The molecule has 0 spiro atoms. The number of furan rings is 1. The first kappa shape index (κ1) is 13.3. The number of nitrogens with one attached hydrogen (secondary N) is 1. The highest BCUT2D eigenvalue weighted by Crippen LogP contribution is 2.01. The van der Waals surface area contributed by atoms with Gasteiger partial charge in [-0.05, 0) is 41.6 Å². The Kier molecular flexibility index (Phi) is 4.54. The maximum absolute atomic E-state index is 11.9. The van der Waals surface area contributed by atoms with E-state index in [9.17, 15) is 4.79 Å². The molecule has 0 aliphatic rings. The number of hydrogen-bond acceptors (Lipinski definition) is 4. The summed E-state index contributed by atoms with van der Waals surface area (Å²) < 4.78 is 7.50. The van der Waals surface area contributed by atoms with Gasteiger partial charge in [0, 0.05) is 13.1 Å². The third-order valence-corrected chi connectivity index (χ3v) is 3.81. The third kappa shape index (κ3) is 3.20. The van der Waals surface area contributed by atoms with E-state index in [1.54, 1.807) is 17.2 Å². The maximum atomic E-state index is 11.9. The fourth-order valence-corrected chi connectivity index (χ4v) is 1.98. The first-order valence-electron chi connectivity index (χ1n) is 5.63. The molecule has 0 fully saturated rings. The number of halogens is 1. The van der Waals surface area contributed by atoms with Crippen molar-refractivity contribution in [2.24, 2.45) is 0 Å². The van der Waals surface area contributed by atoms with Gasteiger partial charge in [-0.3, -0.25) is 9.36 Å². The molecule has 0 aromatic carbocycles. The summed E-state index contributed by atoms with van der Waals surface area (Å²) in [5.41, 5.74) is 0.795. The highest BCUT2D eigenvalue weighted by Gasteiger charge is 2.04. The van der Waals surface area contributed by atoms with Gasteiger partial charge in [-0.25, -0.2) is 4.98 Å². The van der Waals surface area contributed by atoms with Crippen LogP contribution in [0.1, 0.15) is 11.5 Å². The van der Waals surface area contributed by atoms with Gasteiger partial charge in [0.05, 0.1) is 28.4 Å². The van der Waals surface area contributed by atoms with Crippen LogP contribution in [0.5, 0.6) is 0 Å². The lowest BCUT2D eigenvalue weighted by Crippen LogP contribution is -2.29. The van der Waals surface area contributed by atoms with E-state index in [2.05, 4.69) is 10.3 Å². The minimum absolute atomic E-state index is 0.0166. The van der Waals surface area contributed by atoms with E-state index in [0.29, 0.717) is 23.2 Å². The Hall–Kier alpha value is -1.15. The van der Waals surface area contributed by atoms with Crippen molar-refractivity contribution in [1.29, 1.82) is 0 Å². The van der Waals surface area contributed by atoms with Crippen LogP contribution in [0.3, 0.4) is 0 Å². The van der Waals surface area contributed by atoms with E-state index in [0.717, 1.165) is 11.5 Å². The molecule has 96 valence electrons. The second-order valence-corrected chi connectivity index (χ2v) is 4.98. The van der Waals surface area contributed by atoms with E-state index < -0.39 is 0 Å². The molecule has 5 nitrogen and oxygen atoms in total. The van der Waals surface area contributed by atoms with Crippen LogP contribution in [0.15, 0.2) is 33.9 Å². The van der Waals surface area contributed by atoms with Crippen molar-refractivity contribution < 1.29 is 4.42 Å². The second-order valence-electron chi connectivity index (χ2n) is 3.90. The van der Waals surface area contributed by atoms with Crippen LogP contribution in [0.4, 0.5) is 0 Å². The number of hydrogen-bond donors (Lipinski definition) is 1. The molecule has 0 aliphatic carbocycles. The summed E-state index contributed by atoms with van der Waals surface area (Å²) in [6, 6.07) is 3.77. The molecule has 0 atom stereocenters. The van der Waals surface area contributed by atoms with Crippen molar-refractivity contribution in [3.05, 3.63) is 50.1 Å². The summed E-state index contributed by atoms with van der Waals surface area (Å²) in [5.74, 6) is 0.888. The zero-order valence-electron chi connectivity index (χ0n) is 10.0. The smallest absolute Gasteiger partial charge is 0.267 e. The van der Waals surface area contributed by atoms with E-state index in [-0.39, 0.29) is 5.56 Å². The van der Waals surface area contributed by atoms with Crippen LogP contribution >= 0.6 is 22.6 Å².